The van der Waals surface area contributed by atoms with E-state index in [1.807, 2.05) is 0 Å². The van der Waals surface area contributed by atoms with E-state index >= 15 is 0 Å². The molecule has 6 nitrogen and oxygen atoms in total. The molecular weight excluding hydrogens is 377 g/mol. The number of piperidine rings is 1. The molecule has 0 saturated carbocycles. The van der Waals surface area contributed by atoms with Crippen molar-refractivity contribution in [1.82, 2.24) is 9.80 Å². The smallest absolute Gasteiger partial charge is 0.416 e. The predicted octanol–water partition coefficient (Wildman–Crippen LogP) is 2.74. The average molecular weight is 400 g/mol. The molecule has 28 heavy (non-hydrogen) atoms. The number of morpholine rings is 1. The van der Waals surface area contributed by atoms with Gasteiger partial charge in [0.1, 0.15) is 0 Å². The monoisotopic (exact) mass is 400 g/mol. The van der Waals surface area contributed by atoms with Crippen LogP contribution in [0.2, 0.25) is 0 Å². The number of halogens is 3. The van der Waals surface area contributed by atoms with Gasteiger partial charge in [0.05, 0.1) is 31.8 Å². The Labute approximate surface area is 161 Å². The lowest BCUT2D eigenvalue weighted by Gasteiger charge is -2.40. The van der Waals surface area contributed by atoms with Crippen LogP contribution in [0.5, 0.6) is 0 Å². The number of methoxy groups -OCH3 is 1. The van der Waals surface area contributed by atoms with Crippen LogP contribution in [0.4, 0.5) is 18.0 Å². The number of hydrogen-bond donors (Lipinski definition) is 0. The van der Waals surface area contributed by atoms with Crippen LogP contribution in [0.25, 0.3) is 0 Å². The Bertz CT molecular complexity index is 719. The molecule has 2 atom stereocenters. The maximum atomic E-state index is 13.1. The standard InChI is InChI=1S/C19H23F3N2O4/c1-27-17(25)15-9-14(13-3-2-4-16(10-13)19(20,21)22)11-24(12-15)18(26)23-5-7-28-8-6-23/h2-4,10,14-15H,5-9,11-12H2,1H3. The van der Waals surface area contributed by atoms with E-state index in [4.69, 9.17) is 9.47 Å². The van der Waals surface area contributed by atoms with Gasteiger partial charge in [-0.2, -0.15) is 13.2 Å². The molecule has 9 heteroatoms. The molecule has 154 valence electrons. The highest BCUT2D eigenvalue weighted by Gasteiger charge is 2.38. The molecule has 0 spiro atoms. The van der Waals surface area contributed by atoms with Gasteiger partial charge in [-0.1, -0.05) is 18.2 Å². The van der Waals surface area contributed by atoms with Gasteiger partial charge in [0.15, 0.2) is 0 Å². The number of benzene rings is 1. The first-order valence-corrected chi connectivity index (χ1v) is 9.16. The number of amides is 2. The van der Waals surface area contributed by atoms with Crippen LogP contribution in [-0.2, 0) is 20.4 Å². The second-order valence-corrected chi connectivity index (χ2v) is 7.06. The first-order chi connectivity index (χ1) is 13.3. The fourth-order valence-electron chi connectivity index (χ4n) is 3.76. The van der Waals surface area contributed by atoms with Crippen molar-refractivity contribution in [2.45, 2.75) is 18.5 Å². The summed E-state index contributed by atoms with van der Waals surface area (Å²) in [5, 5.41) is 0. The van der Waals surface area contributed by atoms with E-state index in [0.717, 1.165) is 12.1 Å². The summed E-state index contributed by atoms with van der Waals surface area (Å²) in [6.45, 7) is 2.23. The minimum absolute atomic E-state index is 0.193. The van der Waals surface area contributed by atoms with Gasteiger partial charge in [-0.3, -0.25) is 4.79 Å². The molecule has 2 unspecified atom stereocenters. The highest BCUT2D eigenvalue weighted by molar-refractivity contribution is 5.77. The minimum atomic E-state index is -4.45. The Kier molecular flexibility index (Phi) is 6.12. The summed E-state index contributed by atoms with van der Waals surface area (Å²) in [4.78, 5) is 28.2. The molecule has 0 radical (unpaired) electrons. The zero-order chi connectivity index (χ0) is 20.3. The summed E-state index contributed by atoms with van der Waals surface area (Å²) < 4.78 is 49.3. The normalized spacial score (nSPS) is 23.4. The van der Waals surface area contributed by atoms with Crippen LogP contribution >= 0.6 is 0 Å². The van der Waals surface area contributed by atoms with E-state index in [-0.39, 0.29) is 25.0 Å². The van der Waals surface area contributed by atoms with Crippen LogP contribution in [0, 0.1) is 5.92 Å². The molecule has 3 rings (SSSR count). The van der Waals surface area contributed by atoms with Crippen molar-refractivity contribution < 1.29 is 32.2 Å². The van der Waals surface area contributed by atoms with Gasteiger partial charge in [0, 0.05) is 32.1 Å². The second kappa shape index (κ2) is 8.38. The van der Waals surface area contributed by atoms with Crippen LogP contribution in [0.3, 0.4) is 0 Å². The van der Waals surface area contributed by atoms with Gasteiger partial charge in [0.25, 0.3) is 0 Å². The number of rotatable bonds is 2. The lowest BCUT2D eigenvalue weighted by atomic mass is 9.84. The molecule has 2 amide bonds. The molecule has 2 saturated heterocycles. The first-order valence-electron chi connectivity index (χ1n) is 9.16. The number of hydrogen-bond acceptors (Lipinski definition) is 4. The molecular formula is C19H23F3N2O4. The Morgan fingerprint density at radius 2 is 1.86 bits per heavy atom. The van der Waals surface area contributed by atoms with Crippen LogP contribution in [0.15, 0.2) is 24.3 Å². The second-order valence-electron chi connectivity index (χ2n) is 7.06. The van der Waals surface area contributed by atoms with Gasteiger partial charge in [-0.15, -0.1) is 0 Å². The van der Waals surface area contributed by atoms with Gasteiger partial charge >= 0.3 is 18.2 Å². The fraction of sp³-hybridized carbons (Fsp3) is 0.579. The molecule has 2 aliphatic heterocycles. The van der Waals surface area contributed by atoms with Gasteiger partial charge in [-0.25, -0.2) is 4.79 Å². The van der Waals surface area contributed by atoms with Crippen LogP contribution < -0.4 is 0 Å². The summed E-state index contributed by atoms with van der Waals surface area (Å²) >= 11 is 0. The quantitative estimate of drug-likeness (QED) is 0.717. The zero-order valence-electron chi connectivity index (χ0n) is 15.6. The molecule has 2 aliphatic rings. The maximum Gasteiger partial charge on any atom is 0.416 e. The average Bonchev–Trinajstić information content (AvgIpc) is 2.72. The Balaban J connectivity index is 1.84. The molecule has 0 aliphatic carbocycles. The number of nitrogens with zero attached hydrogens (tertiary/aromatic N) is 2. The largest absolute Gasteiger partial charge is 0.469 e. The Morgan fingerprint density at radius 1 is 1.14 bits per heavy atom. The van der Waals surface area contributed by atoms with E-state index in [0.29, 0.717) is 38.3 Å². The third kappa shape index (κ3) is 4.57. The van der Waals surface area contributed by atoms with E-state index in [1.54, 1.807) is 15.9 Å². The Morgan fingerprint density at radius 3 is 2.50 bits per heavy atom. The maximum absolute atomic E-state index is 13.1. The van der Waals surface area contributed by atoms with Crippen molar-refractivity contribution >= 4 is 12.0 Å². The molecule has 1 aromatic rings. The number of alkyl halides is 3. The molecule has 2 heterocycles. The number of urea groups is 1. The number of ether oxygens (including phenoxy) is 2. The number of likely N-dealkylation sites (tertiary alicyclic amines) is 1. The van der Waals surface area contributed by atoms with Gasteiger partial charge in [0.2, 0.25) is 0 Å². The van der Waals surface area contributed by atoms with E-state index < -0.39 is 23.6 Å². The third-order valence-corrected chi connectivity index (χ3v) is 5.22. The number of esters is 1. The molecule has 0 aromatic heterocycles. The summed E-state index contributed by atoms with van der Waals surface area (Å²) in [5.41, 5.74) is -0.278. The van der Waals surface area contributed by atoms with Crippen molar-refractivity contribution in [3.8, 4) is 0 Å². The topological polar surface area (TPSA) is 59.1 Å². The lowest BCUT2D eigenvalue weighted by Crippen LogP contribution is -2.53. The summed E-state index contributed by atoms with van der Waals surface area (Å²) in [5.74, 6) is -1.43. The lowest BCUT2D eigenvalue weighted by molar-refractivity contribution is -0.147. The number of carbonyl (C=O) groups excluding carboxylic acids is 2. The Hall–Kier alpha value is -2.29. The third-order valence-electron chi connectivity index (χ3n) is 5.22. The van der Waals surface area contributed by atoms with Crippen LogP contribution in [-0.4, -0.2) is 68.3 Å². The van der Waals surface area contributed by atoms with Crippen molar-refractivity contribution in [2.75, 3.05) is 46.5 Å². The SMILES string of the molecule is COC(=O)C1CC(c2cccc(C(F)(F)F)c2)CN(C(=O)N2CCOCC2)C1. The number of carbonyl (C=O) groups is 2. The zero-order valence-corrected chi connectivity index (χ0v) is 15.6. The molecule has 0 N–H and O–H groups in total. The minimum Gasteiger partial charge on any atom is -0.469 e. The molecule has 2 fully saturated rings. The van der Waals surface area contributed by atoms with Crippen LogP contribution in [0.1, 0.15) is 23.5 Å². The summed E-state index contributed by atoms with van der Waals surface area (Å²) in [6, 6.07) is 4.85. The van der Waals surface area contributed by atoms with E-state index in [2.05, 4.69) is 0 Å². The predicted molar refractivity (Wildman–Crippen MR) is 93.7 cm³/mol. The first kappa shape index (κ1) is 20.4. The van der Waals surface area contributed by atoms with E-state index in [1.165, 1.54) is 13.2 Å². The summed E-state index contributed by atoms with van der Waals surface area (Å²) in [7, 11) is 1.27. The molecule has 0 bridgehead atoms. The molecule has 1 aromatic carbocycles. The summed E-state index contributed by atoms with van der Waals surface area (Å²) in [6.07, 6.45) is -4.11. The fourth-order valence-corrected chi connectivity index (χ4v) is 3.76. The highest BCUT2D eigenvalue weighted by Crippen LogP contribution is 2.35. The van der Waals surface area contributed by atoms with Gasteiger partial charge in [-0.05, 0) is 18.1 Å². The highest BCUT2D eigenvalue weighted by atomic mass is 19.4. The van der Waals surface area contributed by atoms with E-state index in [9.17, 15) is 22.8 Å². The van der Waals surface area contributed by atoms with Crippen molar-refractivity contribution in [3.63, 3.8) is 0 Å². The van der Waals surface area contributed by atoms with Crippen molar-refractivity contribution in [1.29, 1.82) is 0 Å². The van der Waals surface area contributed by atoms with Crippen molar-refractivity contribution in [2.24, 2.45) is 5.92 Å². The van der Waals surface area contributed by atoms with Gasteiger partial charge < -0.3 is 19.3 Å². The van der Waals surface area contributed by atoms with Crippen molar-refractivity contribution in [3.05, 3.63) is 35.4 Å².